The summed E-state index contributed by atoms with van der Waals surface area (Å²) < 4.78 is 33.0. The highest BCUT2D eigenvalue weighted by atomic mass is 35.5. The Morgan fingerprint density at radius 1 is 1.09 bits per heavy atom. The molecule has 1 amide bonds. The number of ether oxygens (including phenoxy) is 1. The molecule has 0 N–H and O–H groups in total. The van der Waals surface area contributed by atoms with Crippen LogP contribution in [0.4, 0.5) is 0 Å². The Morgan fingerprint density at radius 3 is 2.51 bits per heavy atom. The fourth-order valence-corrected chi connectivity index (χ4v) is 6.50. The monoisotopic (exact) mass is 517 g/mol. The van der Waals surface area contributed by atoms with Crippen molar-refractivity contribution in [3.63, 3.8) is 0 Å². The smallest absolute Gasteiger partial charge is 0.243 e. The van der Waals surface area contributed by atoms with Gasteiger partial charge in [-0.15, -0.1) is 0 Å². The van der Waals surface area contributed by atoms with E-state index in [4.69, 9.17) is 16.3 Å². The minimum absolute atomic E-state index is 0.0529. The zero-order valence-corrected chi connectivity index (χ0v) is 21.5. The van der Waals surface area contributed by atoms with E-state index < -0.39 is 10.0 Å². The van der Waals surface area contributed by atoms with Crippen molar-refractivity contribution < 1.29 is 17.9 Å². The standard InChI is InChI=1S/C26H32ClN3O4S/c1-34-25-12-11-23(19-24(25)27)35(32,33)30-14-6-10-22(20-30)26(31)29-17-15-28(16-18-29)13-5-9-21-7-3-2-4-8-21/h2-5,7-9,11-12,19,22H,6,10,13-18,20H2,1H3/b9-5+/t22-/m1/s1. The number of hydrogen-bond acceptors (Lipinski definition) is 5. The number of piperazine rings is 1. The van der Waals surface area contributed by atoms with Crippen LogP contribution in [0.15, 0.2) is 59.5 Å². The maximum Gasteiger partial charge on any atom is 0.243 e. The SMILES string of the molecule is COc1ccc(S(=O)(=O)N2CCC[C@@H](C(=O)N3CCN(C/C=C/c4ccccc4)CC3)C2)cc1Cl. The molecule has 2 saturated heterocycles. The van der Waals surface area contributed by atoms with Crippen LogP contribution < -0.4 is 4.74 Å². The van der Waals surface area contributed by atoms with Crippen LogP contribution in [-0.4, -0.2) is 81.4 Å². The number of halogens is 1. The molecule has 0 unspecified atom stereocenters. The third-order valence-corrected chi connectivity index (χ3v) is 8.81. The van der Waals surface area contributed by atoms with Gasteiger partial charge >= 0.3 is 0 Å². The normalized spacial score (nSPS) is 20.3. The first-order chi connectivity index (χ1) is 16.9. The van der Waals surface area contributed by atoms with Gasteiger partial charge in [-0.2, -0.15) is 4.31 Å². The lowest BCUT2D eigenvalue weighted by atomic mass is 9.98. The Hall–Kier alpha value is -2.39. The molecular formula is C26H32ClN3O4S. The summed E-state index contributed by atoms with van der Waals surface area (Å²) in [7, 11) is -2.26. The van der Waals surface area contributed by atoms with Crippen LogP contribution in [0.25, 0.3) is 6.08 Å². The van der Waals surface area contributed by atoms with Crippen LogP contribution in [0.3, 0.4) is 0 Å². The van der Waals surface area contributed by atoms with Crippen LogP contribution in [0.5, 0.6) is 5.75 Å². The molecule has 1 atom stereocenters. The van der Waals surface area contributed by atoms with Gasteiger partial charge in [0.1, 0.15) is 5.75 Å². The van der Waals surface area contributed by atoms with Crippen molar-refractivity contribution in [2.45, 2.75) is 17.7 Å². The number of rotatable bonds is 7. The number of piperidine rings is 1. The second-order valence-electron chi connectivity index (χ2n) is 8.94. The van der Waals surface area contributed by atoms with Crippen LogP contribution in [0, 0.1) is 5.92 Å². The van der Waals surface area contributed by atoms with E-state index in [2.05, 4.69) is 29.2 Å². The topological polar surface area (TPSA) is 70.2 Å². The quantitative estimate of drug-likeness (QED) is 0.561. The van der Waals surface area contributed by atoms with Gasteiger partial charge in [0.25, 0.3) is 0 Å². The first-order valence-corrected chi connectivity index (χ1v) is 13.8. The molecule has 0 bridgehead atoms. The number of sulfonamides is 1. The zero-order chi connectivity index (χ0) is 24.8. The number of hydrogen-bond donors (Lipinski definition) is 0. The number of methoxy groups -OCH3 is 1. The van der Waals surface area contributed by atoms with Crippen LogP contribution in [0.2, 0.25) is 5.02 Å². The van der Waals surface area contributed by atoms with Gasteiger partial charge in [-0.3, -0.25) is 9.69 Å². The van der Waals surface area contributed by atoms with E-state index in [-0.39, 0.29) is 28.3 Å². The van der Waals surface area contributed by atoms with E-state index >= 15 is 0 Å². The van der Waals surface area contributed by atoms with Gasteiger partial charge < -0.3 is 9.64 Å². The molecule has 4 rings (SSSR count). The molecule has 0 aliphatic carbocycles. The Labute approximate surface area is 213 Å². The predicted molar refractivity (Wildman–Crippen MR) is 138 cm³/mol. The van der Waals surface area contributed by atoms with Crippen molar-refractivity contribution >= 4 is 33.6 Å². The molecule has 2 aromatic rings. The van der Waals surface area contributed by atoms with E-state index in [0.717, 1.165) is 19.6 Å². The molecule has 188 valence electrons. The van der Waals surface area contributed by atoms with Crippen molar-refractivity contribution in [2.75, 3.05) is 52.9 Å². The van der Waals surface area contributed by atoms with Crippen LogP contribution in [-0.2, 0) is 14.8 Å². The lowest BCUT2D eigenvalue weighted by Gasteiger charge is -2.38. The van der Waals surface area contributed by atoms with Crippen molar-refractivity contribution in [3.8, 4) is 5.75 Å². The molecule has 0 aromatic heterocycles. The van der Waals surface area contributed by atoms with Crippen LogP contribution in [0.1, 0.15) is 18.4 Å². The fraction of sp³-hybridized carbons (Fsp3) is 0.423. The highest BCUT2D eigenvalue weighted by Gasteiger charge is 2.36. The predicted octanol–water partition coefficient (Wildman–Crippen LogP) is 3.61. The van der Waals surface area contributed by atoms with Gasteiger partial charge in [-0.1, -0.05) is 54.1 Å². The van der Waals surface area contributed by atoms with Crippen molar-refractivity contribution in [2.24, 2.45) is 5.92 Å². The largest absolute Gasteiger partial charge is 0.495 e. The highest BCUT2D eigenvalue weighted by molar-refractivity contribution is 7.89. The maximum absolute atomic E-state index is 13.2. The highest BCUT2D eigenvalue weighted by Crippen LogP contribution is 2.30. The number of benzene rings is 2. The molecule has 2 aliphatic rings. The minimum Gasteiger partial charge on any atom is -0.495 e. The van der Waals surface area contributed by atoms with Gasteiger partial charge in [0.2, 0.25) is 15.9 Å². The molecular weight excluding hydrogens is 486 g/mol. The first-order valence-electron chi connectivity index (χ1n) is 11.9. The third kappa shape index (κ3) is 6.25. The summed E-state index contributed by atoms with van der Waals surface area (Å²) in [5.74, 6) is 0.154. The lowest BCUT2D eigenvalue weighted by molar-refractivity contribution is -0.138. The average molecular weight is 518 g/mol. The molecule has 0 saturated carbocycles. The average Bonchev–Trinajstić information content (AvgIpc) is 2.89. The maximum atomic E-state index is 13.2. The fourth-order valence-electron chi connectivity index (χ4n) is 4.63. The van der Waals surface area contributed by atoms with Gasteiger partial charge in [-0.25, -0.2) is 8.42 Å². The molecule has 2 aliphatic heterocycles. The summed E-state index contributed by atoms with van der Waals surface area (Å²) >= 11 is 6.15. The zero-order valence-electron chi connectivity index (χ0n) is 20.0. The molecule has 35 heavy (non-hydrogen) atoms. The second kappa shape index (κ2) is 11.6. The van der Waals surface area contributed by atoms with Crippen LogP contribution >= 0.6 is 11.6 Å². The van der Waals surface area contributed by atoms with E-state index in [0.29, 0.717) is 38.2 Å². The van der Waals surface area contributed by atoms with Crippen molar-refractivity contribution in [1.82, 2.24) is 14.1 Å². The lowest BCUT2D eigenvalue weighted by Crippen LogP contribution is -2.53. The summed E-state index contributed by atoms with van der Waals surface area (Å²) in [6, 6.07) is 14.7. The molecule has 0 spiro atoms. The van der Waals surface area contributed by atoms with E-state index in [1.165, 1.54) is 29.1 Å². The Bertz CT molecular complexity index is 1150. The number of nitrogens with zero attached hydrogens (tertiary/aromatic N) is 3. The molecule has 2 fully saturated rings. The molecule has 0 radical (unpaired) electrons. The summed E-state index contributed by atoms with van der Waals surface area (Å²) in [5.41, 5.74) is 1.18. The molecule has 9 heteroatoms. The van der Waals surface area contributed by atoms with Gasteiger partial charge in [0, 0.05) is 45.8 Å². The molecule has 2 aromatic carbocycles. The summed E-state index contributed by atoms with van der Waals surface area (Å²) in [6.07, 6.45) is 5.63. The van der Waals surface area contributed by atoms with Gasteiger partial charge in [0.05, 0.1) is 22.9 Å². The third-order valence-electron chi connectivity index (χ3n) is 6.65. The number of carbonyl (C=O) groups excluding carboxylic acids is 1. The molecule has 2 heterocycles. The van der Waals surface area contributed by atoms with Gasteiger partial charge in [0.15, 0.2) is 0 Å². The number of amides is 1. The number of carbonyl (C=O) groups is 1. The molecule has 7 nitrogen and oxygen atoms in total. The van der Waals surface area contributed by atoms with Crippen molar-refractivity contribution in [3.05, 3.63) is 65.2 Å². The second-order valence-corrected chi connectivity index (χ2v) is 11.3. The van der Waals surface area contributed by atoms with E-state index in [1.807, 2.05) is 23.1 Å². The summed E-state index contributed by atoms with van der Waals surface area (Å²) in [5, 5.41) is 0.245. The summed E-state index contributed by atoms with van der Waals surface area (Å²) in [4.78, 5) is 17.6. The Morgan fingerprint density at radius 2 is 1.83 bits per heavy atom. The first kappa shape index (κ1) is 25.7. The minimum atomic E-state index is -3.74. The Balaban J connectivity index is 1.31. The van der Waals surface area contributed by atoms with Crippen molar-refractivity contribution in [1.29, 1.82) is 0 Å². The van der Waals surface area contributed by atoms with Gasteiger partial charge in [-0.05, 0) is 36.6 Å². The van der Waals surface area contributed by atoms with E-state index in [1.54, 1.807) is 6.07 Å². The Kier molecular flexibility index (Phi) is 8.49. The summed E-state index contributed by atoms with van der Waals surface area (Å²) in [6.45, 7) is 4.39. The van der Waals surface area contributed by atoms with E-state index in [9.17, 15) is 13.2 Å².